The van der Waals surface area contributed by atoms with Gasteiger partial charge in [-0.25, -0.2) is 0 Å². The maximum Gasteiger partial charge on any atom is 0.254 e. The minimum Gasteiger partial charge on any atom is -0.467 e. The summed E-state index contributed by atoms with van der Waals surface area (Å²) in [5, 5.41) is 8.76. The van der Waals surface area contributed by atoms with E-state index in [1.807, 2.05) is 38.1 Å². The molecule has 1 aromatic carbocycles. The van der Waals surface area contributed by atoms with Crippen LogP contribution in [0, 0.1) is 25.2 Å². The molecule has 2 aromatic rings. The Morgan fingerprint density at radius 1 is 1.29 bits per heavy atom. The molecule has 1 aromatic heterocycles. The molecule has 2 rings (SSSR count). The Labute approximate surface area is 124 Å². The van der Waals surface area contributed by atoms with Crippen LogP contribution < -0.4 is 0 Å². The van der Waals surface area contributed by atoms with Gasteiger partial charge in [-0.05, 0) is 49.2 Å². The van der Waals surface area contributed by atoms with Crippen LogP contribution in [0.15, 0.2) is 41.0 Å². The van der Waals surface area contributed by atoms with Crippen molar-refractivity contribution in [3.8, 4) is 6.07 Å². The predicted molar refractivity (Wildman–Crippen MR) is 79.6 cm³/mol. The van der Waals surface area contributed by atoms with Gasteiger partial charge in [0.25, 0.3) is 5.91 Å². The second-order valence-corrected chi connectivity index (χ2v) is 5.01. The Balaban J connectivity index is 2.20. The number of nitrogens with zero attached hydrogens (tertiary/aromatic N) is 2. The first-order valence-corrected chi connectivity index (χ1v) is 6.87. The standard InChI is InChI=1S/C17H18N2O2/c1-13-6-7-15(11-14(13)2)17(20)19(9-4-8-18)12-16-5-3-10-21-16/h3,5-7,10-11H,4,9,12H2,1-2H3. The van der Waals surface area contributed by atoms with Gasteiger partial charge in [-0.1, -0.05) is 6.07 Å². The maximum absolute atomic E-state index is 12.6. The summed E-state index contributed by atoms with van der Waals surface area (Å²) in [5.74, 6) is 0.634. The molecular weight excluding hydrogens is 264 g/mol. The molecule has 0 fully saturated rings. The Bertz CT molecular complexity index is 654. The van der Waals surface area contributed by atoms with Crippen molar-refractivity contribution in [3.63, 3.8) is 0 Å². The molecular formula is C17H18N2O2. The first-order valence-electron chi connectivity index (χ1n) is 6.87. The molecule has 0 N–H and O–H groups in total. The summed E-state index contributed by atoms with van der Waals surface area (Å²) in [6.07, 6.45) is 1.88. The largest absolute Gasteiger partial charge is 0.467 e. The average molecular weight is 282 g/mol. The predicted octanol–water partition coefficient (Wildman–Crippen LogP) is 3.45. The first-order chi connectivity index (χ1) is 10.1. The Hall–Kier alpha value is -2.54. The van der Waals surface area contributed by atoms with E-state index in [4.69, 9.17) is 9.68 Å². The summed E-state index contributed by atoms with van der Waals surface area (Å²) in [6, 6.07) is 11.4. The number of benzene rings is 1. The third-order valence-corrected chi connectivity index (χ3v) is 3.46. The van der Waals surface area contributed by atoms with Crippen molar-refractivity contribution in [3.05, 3.63) is 59.0 Å². The highest BCUT2D eigenvalue weighted by atomic mass is 16.3. The number of nitriles is 1. The molecule has 0 aliphatic carbocycles. The van der Waals surface area contributed by atoms with Gasteiger partial charge in [-0.3, -0.25) is 4.79 Å². The fourth-order valence-corrected chi connectivity index (χ4v) is 2.09. The smallest absolute Gasteiger partial charge is 0.254 e. The van der Waals surface area contributed by atoms with Crippen molar-refractivity contribution in [2.75, 3.05) is 6.54 Å². The summed E-state index contributed by atoms with van der Waals surface area (Å²) in [5.41, 5.74) is 2.88. The molecule has 0 aliphatic heterocycles. The highest BCUT2D eigenvalue weighted by Crippen LogP contribution is 2.14. The Kier molecular flexibility index (Phi) is 4.78. The third-order valence-electron chi connectivity index (χ3n) is 3.46. The van der Waals surface area contributed by atoms with Crippen LogP contribution in [0.3, 0.4) is 0 Å². The molecule has 0 spiro atoms. The van der Waals surface area contributed by atoms with Crippen LogP contribution >= 0.6 is 0 Å². The fourth-order valence-electron chi connectivity index (χ4n) is 2.09. The second kappa shape index (κ2) is 6.76. The van der Waals surface area contributed by atoms with E-state index in [0.29, 0.717) is 30.8 Å². The lowest BCUT2D eigenvalue weighted by molar-refractivity contribution is 0.0735. The van der Waals surface area contributed by atoms with E-state index in [1.165, 1.54) is 0 Å². The minimum atomic E-state index is -0.0789. The van der Waals surface area contributed by atoms with Gasteiger partial charge in [0.05, 0.1) is 25.3 Å². The molecule has 0 atom stereocenters. The number of carbonyl (C=O) groups excluding carboxylic acids is 1. The van der Waals surface area contributed by atoms with Crippen LogP contribution in [0.25, 0.3) is 0 Å². The molecule has 0 saturated carbocycles. The lowest BCUT2D eigenvalue weighted by atomic mass is 10.1. The normalized spacial score (nSPS) is 10.1. The van der Waals surface area contributed by atoms with E-state index in [2.05, 4.69) is 6.07 Å². The summed E-state index contributed by atoms with van der Waals surface area (Å²) in [4.78, 5) is 14.3. The van der Waals surface area contributed by atoms with Crippen LogP contribution in [0.5, 0.6) is 0 Å². The topological polar surface area (TPSA) is 57.2 Å². The number of amides is 1. The third kappa shape index (κ3) is 3.73. The molecule has 1 amide bonds. The van der Waals surface area contributed by atoms with Crippen LogP contribution in [0.2, 0.25) is 0 Å². The molecule has 0 aliphatic rings. The monoisotopic (exact) mass is 282 g/mol. The molecule has 0 bridgehead atoms. The average Bonchev–Trinajstić information content (AvgIpc) is 2.98. The lowest BCUT2D eigenvalue weighted by Gasteiger charge is -2.21. The van der Waals surface area contributed by atoms with Gasteiger partial charge in [0.2, 0.25) is 0 Å². The number of carbonyl (C=O) groups is 1. The SMILES string of the molecule is Cc1ccc(C(=O)N(CCC#N)Cc2ccco2)cc1C. The minimum absolute atomic E-state index is 0.0789. The zero-order valence-corrected chi connectivity index (χ0v) is 12.3. The zero-order chi connectivity index (χ0) is 15.2. The summed E-state index contributed by atoms with van der Waals surface area (Å²) < 4.78 is 5.30. The second-order valence-electron chi connectivity index (χ2n) is 5.01. The summed E-state index contributed by atoms with van der Waals surface area (Å²) >= 11 is 0. The molecule has 108 valence electrons. The summed E-state index contributed by atoms with van der Waals surface area (Å²) in [7, 11) is 0. The van der Waals surface area contributed by atoms with Gasteiger partial charge in [0.15, 0.2) is 0 Å². The highest BCUT2D eigenvalue weighted by Gasteiger charge is 2.17. The number of aryl methyl sites for hydroxylation is 2. The van der Waals surface area contributed by atoms with Crippen molar-refractivity contribution in [1.82, 2.24) is 4.90 Å². The lowest BCUT2D eigenvalue weighted by Crippen LogP contribution is -2.31. The van der Waals surface area contributed by atoms with Gasteiger partial charge < -0.3 is 9.32 Å². The molecule has 0 unspecified atom stereocenters. The van der Waals surface area contributed by atoms with Gasteiger partial charge in [-0.2, -0.15) is 5.26 Å². The van der Waals surface area contributed by atoms with Crippen LogP contribution in [-0.2, 0) is 6.54 Å². The van der Waals surface area contributed by atoms with Crippen molar-refractivity contribution >= 4 is 5.91 Å². The number of furan rings is 1. The van der Waals surface area contributed by atoms with Crippen molar-refractivity contribution in [1.29, 1.82) is 5.26 Å². The zero-order valence-electron chi connectivity index (χ0n) is 12.3. The summed E-state index contributed by atoms with van der Waals surface area (Å²) in [6.45, 7) is 4.77. The van der Waals surface area contributed by atoms with Crippen LogP contribution in [0.4, 0.5) is 0 Å². The van der Waals surface area contributed by atoms with E-state index in [1.54, 1.807) is 17.2 Å². The van der Waals surface area contributed by atoms with Crippen molar-refractivity contribution in [2.45, 2.75) is 26.8 Å². The molecule has 4 nitrogen and oxygen atoms in total. The number of hydrogen-bond acceptors (Lipinski definition) is 3. The number of rotatable bonds is 5. The van der Waals surface area contributed by atoms with Crippen molar-refractivity contribution in [2.24, 2.45) is 0 Å². The highest BCUT2D eigenvalue weighted by molar-refractivity contribution is 5.94. The maximum atomic E-state index is 12.6. The van der Waals surface area contributed by atoms with Gasteiger partial charge in [0.1, 0.15) is 5.76 Å². The fraction of sp³-hybridized carbons (Fsp3) is 0.294. The van der Waals surface area contributed by atoms with E-state index < -0.39 is 0 Å². The molecule has 21 heavy (non-hydrogen) atoms. The first kappa shape index (κ1) is 14.9. The van der Waals surface area contributed by atoms with Crippen molar-refractivity contribution < 1.29 is 9.21 Å². The van der Waals surface area contributed by atoms with E-state index in [9.17, 15) is 4.79 Å². The quantitative estimate of drug-likeness (QED) is 0.844. The molecule has 0 saturated heterocycles. The molecule has 0 radical (unpaired) electrons. The molecule has 1 heterocycles. The van der Waals surface area contributed by atoms with Gasteiger partial charge in [0, 0.05) is 12.1 Å². The van der Waals surface area contributed by atoms with Gasteiger partial charge >= 0.3 is 0 Å². The van der Waals surface area contributed by atoms with Crippen LogP contribution in [-0.4, -0.2) is 17.4 Å². The van der Waals surface area contributed by atoms with Gasteiger partial charge in [-0.15, -0.1) is 0 Å². The Morgan fingerprint density at radius 3 is 2.71 bits per heavy atom. The number of hydrogen-bond donors (Lipinski definition) is 0. The van der Waals surface area contributed by atoms with E-state index in [-0.39, 0.29) is 5.91 Å². The van der Waals surface area contributed by atoms with E-state index in [0.717, 1.165) is 11.1 Å². The molecule has 4 heteroatoms. The van der Waals surface area contributed by atoms with Crippen LogP contribution in [0.1, 0.15) is 33.7 Å². The Morgan fingerprint density at radius 2 is 2.10 bits per heavy atom. The van der Waals surface area contributed by atoms with E-state index >= 15 is 0 Å².